The largest absolute Gasteiger partial charge is 0.506 e. The summed E-state index contributed by atoms with van der Waals surface area (Å²) in [5.74, 6) is -0.785. The minimum atomic E-state index is -0.819. The van der Waals surface area contributed by atoms with Gasteiger partial charge < -0.3 is 15.9 Å². The molecule has 4 heteroatoms. The van der Waals surface area contributed by atoms with Crippen LogP contribution in [0.4, 0.5) is 5.69 Å². The van der Waals surface area contributed by atoms with E-state index in [9.17, 15) is 15.0 Å². The molecule has 0 spiro atoms. The summed E-state index contributed by atoms with van der Waals surface area (Å²) in [6.45, 7) is 0. The van der Waals surface area contributed by atoms with E-state index < -0.39 is 11.4 Å². The number of benzene rings is 1. The molecule has 0 aromatic heterocycles. The number of carbonyl (C=O) groups is 1. The maximum absolute atomic E-state index is 11.6. The van der Waals surface area contributed by atoms with Gasteiger partial charge in [-0.1, -0.05) is 25.3 Å². The van der Waals surface area contributed by atoms with Gasteiger partial charge in [0.05, 0.1) is 11.1 Å². The van der Waals surface area contributed by atoms with Crippen LogP contribution < -0.4 is 5.73 Å². The van der Waals surface area contributed by atoms with Crippen LogP contribution in [0.1, 0.15) is 37.7 Å². The highest BCUT2D eigenvalue weighted by atomic mass is 16.4. The van der Waals surface area contributed by atoms with E-state index in [4.69, 9.17) is 5.73 Å². The van der Waals surface area contributed by atoms with Gasteiger partial charge >= 0.3 is 5.97 Å². The molecule has 1 aliphatic rings. The van der Waals surface area contributed by atoms with Crippen molar-refractivity contribution in [3.05, 3.63) is 23.8 Å². The smallest absolute Gasteiger partial charge is 0.314 e. The summed E-state index contributed by atoms with van der Waals surface area (Å²) in [4.78, 5) is 11.6. The molecule has 1 fully saturated rings. The monoisotopic (exact) mass is 235 g/mol. The SMILES string of the molecule is Nc1cc(C2(C(=O)O)CCCCC2)ccc1O. The van der Waals surface area contributed by atoms with Crippen LogP contribution in [-0.2, 0) is 10.2 Å². The Morgan fingerprint density at radius 2 is 1.88 bits per heavy atom. The van der Waals surface area contributed by atoms with Crippen LogP contribution in [0.3, 0.4) is 0 Å². The number of hydrogen-bond acceptors (Lipinski definition) is 3. The third kappa shape index (κ3) is 1.95. The Hall–Kier alpha value is -1.71. The van der Waals surface area contributed by atoms with Gasteiger partial charge in [0, 0.05) is 0 Å². The summed E-state index contributed by atoms with van der Waals surface area (Å²) in [6.07, 6.45) is 4.22. The maximum atomic E-state index is 11.6. The molecule has 0 aliphatic heterocycles. The topological polar surface area (TPSA) is 83.6 Å². The summed E-state index contributed by atoms with van der Waals surface area (Å²) >= 11 is 0. The van der Waals surface area contributed by atoms with Crippen molar-refractivity contribution in [2.45, 2.75) is 37.5 Å². The normalized spacial score (nSPS) is 18.8. The molecule has 0 atom stereocenters. The van der Waals surface area contributed by atoms with Gasteiger partial charge in [0.25, 0.3) is 0 Å². The Balaban J connectivity index is 2.45. The van der Waals surface area contributed by atoms with Gasteiger partial charge in [-0.25, -0.2) is 0 Å². The standard InChI is InChI=1S/C13H17NO3/c14-10-8-9(4-5-11(10)15)13(12(16)17)6-2-1-3-7-13/h4-5,8,15H,1-3,6-7,14H2,(H,16,17). The lowest BCUT2D eigenvalue weighted by atomic mass is 9.69. The molecular weight excluding hydrogens is 218 g/mol. The number of aromatic hydroxyl groups is 1. The highest BCUT2D eigenvalue weighted by Gasteiger charge is 2.41. The van der Waals surface area contributed by atoms with Gasteiger partial charge in [0.1, 0.15) is 5.75 Å². The average Bonchev–Trinajstić information content (AvgIpc) is 2.33. The lowest BCUT2D eigenvalue weighted by Crippen LogP contribution is -2.37. The first-order valence-electron chi connectivity index (χ1n) is 5.89. The molecule has 0 amide bonds. The van der Waals surface area contributed by atoms with E-state index in [1.165, 1.54) is 6.07 Å². The molecule has 4 nitrogen and oxygen atoms in total. The molecule has 0 heterocycles. The van der Waals surface area contributed by atoms with Crippen LogP contribution in [-0.4, -0.2) is 16.2 Å². The van der Waals surface area contributed by atoms with Crippen LogP contribution in [0.5, 0.6) is 5.75 Å². The molecule has 0 unspecified atom stereocenters. The summed E-state index contributed by atoms with van der Waals surface area (Å²) < 4.78 is 0. The first kappa shape index (κ1) is 11.8. The number of carboxylic acid groups (broad SMARTS) is 1. The van der Waals surface area contributed by atoms with Gasteiger partial charge in [-0.2, -0.15) is 0 Å². The van der Waals surface area contributed by atoms with Crippen LogP contribution in [0.2, 0.25) is 0 Å². The van der Waals surface area contributed by atoms with Crippen molar-refractivity contribution in [2.75, 3.05) is 5.73 Å². The van der Waals surface area contributed by atoms with Crippen LogP contribution in [0, 0.1) is 0 Å². The van der Waals surface area contributed by atoms with E-state index in [-0.39, 0.29) is 11.4 Å². The van der Waals surface area contributed by atoms with E-state index >= 15 is 0 Å². The van der Waals surface area contributed by atoms with Crippen molar-refractivity contribution in [3.63, 3.8) is 0 Å². The number of phenols is 1. The zero-order chi connectivity index (χ0) is 12.5. The van der Waals surface area contributed by atoms with Gasteiger partial charge in [0.15, 0.2) is 0 Å². The second-order valence-electron chi connectivity index (χ2n) is 4.72. The molecule has 4 N–H and O–H groups in total. The maximum Gasteiger partial charge on any atom is 0.314 e. The predicted molar refractivity (Wildman–Crippen MR) is 64.9 cm³/mol. The fourth-order valence-corrected chi connectivity index (χ4v) is 2.63. The zero-order valence-electron chi connectivity index (χ0n) is 9.65. The van der Waals surface area contributed by atoms with E-state index in [1.54, 1.807) is 12.1 Å². The van der Waals surface area contributed by atoms with Crippen molar-refractivity contribution >= 4 is 11.7 Å². The summed E-state index contributed by atoms with van der Waals surface area (Å²) in [5, 5.41) is 18.9. The summed E-state index contributed by atoms with van der Waals surface area (Å²) in [5.41, 5.74) is 5.78. The second kappa shape index (κ2) is 4.28. The van der Waals surface area contributed by atoms with E-state index in [1.807, 2.05) is 0 Å². The first-order valence-corrected chi connectivity index (χ1v) is 5.89. The Bertz CT molecular complexity index is 436. The summed E-state index contributed by atoms with van der Waals surface area (Å²) in [6, 6.07) is 4.74. The Morgan fingerprint density at radius 3 is 2.41 bits per heavy atom. The molecular formula is C13H17NO3. The third-order valence-corrected chi connectivity index (χ3v) is 3.70. The van der Waals surface area contributed by atoms with Crippen molar-refractivity contribution in [2.24, 2.45) is 0 Å². The van der Waals surface area contributed by atoms with Crippen molar-refractivity contribution in [3.8, 4) is 5.75 Å². The Labute approximate surface area is 100 Å². The van der Waals surface area contributed by atoms with Crippen molar-refractivity contribution in [1.82, 2.24) is 0 Å². The number of carboxylic acids is 1. The van der Waals surface area contributed by atoms with Gasteiger partial charge in [0.2, 0.25) is 0 Å². The third-order valence-electron chi connectivity index (χ3n) is 3.70. The van der Waals surface area contributed by atoms with E-state index in [0.717, 1.165) is 19.3 Å². The minimum absolute atomic E-state index is 0.00472. The fraction of sp³-hybridized carbons (Fsp3) is 0.462. The quantitative estimate of drug-likeness (QED) is 0.542. The van der Waals surface area contributed by atoms with Crippen molar-refractivity contribution < 1.29 is 15.0 Å². The van der Waals surface area contributed by atoms with Gasteiger partial charge in [-0.3, -0.25) is 4.79 Å². The number of phenolic OH excluding ortho intramolecular Hbond substituents is 1. The van der Waals surface area contributed by atoms with E-state index in [0.29, 0.717) is 18.4 Å². The molecule has 17 heavy (non-hydrogen) atoms. The lowest BCUT2D eigenvalue weighted by Gasteiger charge is -2.33. The van der Waals surface area contributed by atoms with Gasteiger partial charge in [-0.15, -0.1) is 0 Å². The fourth-order valence-electron chi connectivity index (χ4n) is 2.63. The molecule has 1 aromatic rings. The van der Waals surface area contributed by atoms with E-state index in [2.05, 4.69) is 0 Å². The molecule has 0 bridgehead atoms. The number of anilines is 1. The number of nitrogens with two attached hydrogens (primary N) is 1. The minimum Gasteiger partial charge on any atom is -0.506 e. The molecule has 0 radical (unpaired) electrons. The zero-order valence-corrected chi connectivity index (χ0v) is 9.65. The first-order chi connectivity index (χ1) is 8.06. The molecule has 1 saturated carbocycles. The number of hydrogen-bond donors (Lipinski definition) is 3. The Kier molecular flexibility index (Phi) is 2.96. The predicted octanol–water partition coefficient (Wildman–Crippen LogP) is 2.26. The Morgan fingerprint density at radius 1 is 1.24 bits per heavy atom. The highest BCUT2D eigenvalue weighted by Crippen LogP contribution is 2.41. The lowest BCUT2D eigenvalue weighted by molar-refractivity contribution is -0.145. The molecule has 1 aliphatic carbocycles. The number of aliphatic carboxylic acids is 1. The van der Waals surface area contributed by atoms with Crippen molar-refractivity contribution in [1.29, 1.82) is 0 Å². The number of nitrogen functional groups attached to an aromatic ring is 1. The summed E-state index contributed by atoms with van der Waals surface area (Å²) in [7, 11) is 0. The van der Waals surface area contributed by atoms with Crippen LogP contribution >= 0.6 is 0 Å². The molecule has 0 saturated heterocycles. The molecule has 92 valence electrons. The molecule has 1 aromatic carbocycles. The van der Waals surface area contributed by atoms with Crippen LogP contribution in [0.15, 0.2) is 18.2 Å². The van der Waals surface area contributed by atoms with Gasteiger partial charge in [-0.05, 0) is 30.5 Å². The molecule has 2 rings (SSSR count). The highest BCUT2D eigenvalue weighted by molar-refractivity contribution is 5.82. The second-order valence-corrected chi connectivity index (χ2v) is 4.72. The van der Waals surface area contributed by atoms with Crippen LogP contribution in [0.25, 0.3) is 0 Å². The average molecular weight is 235 g/mol. The number of rotatable bonds is 2.